The van der Waals surface area contributed by atoms with Crippen molar-refractivity contribution in [2.45, 2.75) is 31.8 Å². The van der Waals surface area contributed by atoms with Crippen molar-refractivity contribution < 1.29 is 9.53 Å². The molecule has 19 heavy (non-hydrogen) atoms. The molecule has 2 aliphatic rings. The number of amides is 1. The summed E-state index contributed by atoms with van der Waals surface area (Å²) in [4.78, 5) is 22.3. The fourth-order valence-corrected chi connectivity index (χ4v) is 3.20. The number of piperidine rings is 1. The predicted molar refractivity (Wildman–Crippen MR) is 69.6 cm³/mol. The van der Waals surface area contributed by atoms with Gasteiger partial charge in [0.1, 0.15) is 5.69 Å². The van der Waals surface area contributed by atoms with E-state index in [0.29, 0.717) is 18.2 Å². The van der Waals surface area contributed by atoms with Crippen LogP contribution in [0.1, 0.15) is 36.7 Å². The molecule has 2 atom stereocenters. The van der Waals surface area contributed by atoms with E-state index in [1.54, 1.807) is 12.4 Å². The summed E-state index contributed by atoms with van der Waals surface area (Å²) in [6, 6.07) is 0. The summed E-state index contributed by atoms with van der Waals surface area (Å²) in [6.45, 7) is 4.49. The Morgan fingerprint density at radius 2 is 2.42 bits per heavy atom. The number of likely N-dealkylation sites (tertiary alicyclic amines) is 1. The van der Waals surface area contributed by atoms with E-state index in [2.05, 4.69) is 16.9 Å². The van der Waals surface area contributed by atoms with E-state index in [-0.39, 0.29) is 11.5 Å². The summed E-state index contributed by atoms with van der Waals surface area (Å²) in [5, 5.41) is 0. The first kappa shape index (κ1) is 12.5. The molecule has 2 aliphatic heterocycles. The van der Waals surface area contributed by atoms with Gasteiger partial charge in [0.05, 0.1) is 24.9 Å². The second-order valence-electron chi connectivity index (χ2n) is 5.72. The average Bonchev–Trinajstić information content (AvgIpc) is 2.79. The summed E-state index contributed by atoms with van der Waals surface area (Å²) in [5.41, 5.74) is 0.306. The van der Waals surface area contributed by atoms with Crippen LogP contribution in [0.25, 0.3) is 0 Å². The maximum absolute atomic E-state index is 12.4. The minimum absolute atomic E-state index is 0.0321. The molecule has 2 saturated heterocycles. The Hall–Kier alpha value is -1.49. The van der Waals surface area contributed by atoms with Gasteiger partial charge in [-0.15, -0.1) is 0 Å². The van der Waals surface area contributed by atoms with Crippen molar-refractivity contribution in [3.8, 4) is 0 Å². The lowest BCUT2D eigenvalue weighted by molar-refractivity contribution is -0.0450. The summed E-state index contributed by atoms with van der Waals surface area (Å²) >= 11 is 0. The molecule has 5 heteroatoms. The number of aromatic nitrogens is 2. The topological polar surface area (TPSA) is 55.3 Å². The van der Waals surface area contributed by atoms with Gasteiger partial charge in [0, 0.05) is 18.9 Å². The van der Waals surface area contributed by atoms with Crippen LogP contribution in [0.5, 0.6) is 0 Å². The maximum Gasteiger partial charge on any atom is 0.274 e. The van der Waals surface area contributed by atoms with Gasteiger partial charge in [-0.2, -0.15) is 0 Å². The monoisotopic (exact) mass is 261 g/mol. The molecule has 1 amide bonds. The Morgan fingerprint density at radius 3 is 3.11 bits per heavy atom. The standard InChI is InChI=1S/C14H19N3O2/c1-11-7-14(19-9-11)3-2-6-17(10-14)13(18)12-8-15-4-5-16-12/h4-5,8,11H,2-3,6-7,9-10H2,1H3/t11-,14-/m0/s1. The molecule has 3 rings (SSSR count). The van der Waals surface area contributed by atoms with Crippen LogP contribution in [0, 0.1) is 5.92 Å². The van der Waals surface area contributed by atoms with Gasteiger partial charge in [-0.05, 0) is 25.2 Å². The Morgan fingerprint density at radius 1 is 1.53 bits per heavy atom. The molecular formula is C14H19N3O2. The molecule has 0 unspecified atom stereocenters. The molecule has 5 nitrogen and oxygen atoms in total. The highest BCUT2D eigenvalue weighted by molar-refractivity contribution is 5.92. The summed E-state index contributed by atoms with van der Waals surface area (Å²) in [5.74, 6) is 0.557. The average molecular weight is 261 g/mol. The van der Waals surface area contributed by atoms with Crippen LogP contribution in [0.3, 0.4) is 0 Å². The van der Waals surface area contributed by atoms with Crippen molar-refractivity contribution in [2.75, 3.05) is 19.7 Å². The van der Waals surface area contributed by atoms with Gasteiger partial charge in [0.25, 0.3) is 5.91 Å². The molecular weight excluding hydrogens is 242 g/mol. The zero-order chi connectivity index (χ0) is 13.3. The number of carbonyl (C=O) groups excluding carboxylic acids is 1. The molecule has 0 aromatic carbocycles. The molecule has 1 spiro atoms. The molecule has 0 bridgehead atoms. The number of rotatable bonds is 1. The third kappa shape index (κ3) is 2.47. The molecule has 2 fully saturated rings. The van der Waals surface area contributed by atoms with Gasteiger partial charge in [-0.3, -0.25) is 9.78 Å². The van der Waals surface area contributed by atoms with E-state index >= 15 is 0 Å². The molecule has 102 valence electrons. The van der Waals surface area contributed by atoms with Gasteiger partial charge in [0.2, 0.25) is 0 Å². The van der Waals surface area contributed by atoms with Crippen LogP contribution in [0.2, 0.25) is 0 Å². The number of hydrogen-bond acceptors (Lipinski definition) is 4. The Kier molecular flexibility index (Phi) is 3.22. The van der Waals surface area contributed by atoms with Gasteiger partial charge < -0.3 is 9.64 Å². The van der Waals surface area contributed by atoms with Gasteiger partial charge in [-0.25, -0.2) is 4.98 Å². The minimum Gasteiger partial charge on any atom is -0.373 e. The third-order valence-electron chi connectivity index (χ3n) is 4.00. The fourth-order valence-electron chi connectivity index (χ4n) is 3.20. The van der Waals surface area contributed by atoms with E-state index in [4.69, 9.17) is 4.74 Å². The third-order valence-corrected chi connectivity index (χ3v) is 4.00. The maximum atomic E-state index is 12.4. The van der Waals surface area contributed by atoms with E-state index in [9.17, 15) is 4.79 Å². The molecule has 0 N–H and O–H groups in total. The SMILES string of the molecule is C[C@@H]1CO[C@@]2(CCCN(C(=O)c3cnccn3)C2)C1. The molecule has 1 aromatic rings. The molecule has 1 aromatic heterocycles. The molecule has 0 saturated carbocycles. The summed E-state index contributed by atoms with van der Waals surface area (Å²) in [7, 11) is 0. The smallest absolute Gasteiger partial charge is 0.274 e. The van der Waals surface area contributed by atoms with Crippen molar-refractivity contribution in [3.05, 3.63) is 24.3 Å². The lowest BCUT2D eigenvalue weighted by atomic mass is 9.87. The van der Waals surface area contributed by atoms with E-state index < -0.39 is 0 Å². The lowest BCUT2D eigenvalue weighted by Crippen LogP contribution is -2.50. The fraction of sp³-hybridized carbons (Fsp3) is 0.643. The summed E-state index contributed by atoms with van der Waals surface area (Å²) in [6.07, 6.45) is 7.77. The second kappa shape index (κ2) is 4.89. The summed E-state index contributed by atoms with van der Waals surface area (Å²) < 4.78 is 5.98. The van der Waals surface area contributed by atoms with Crippen molar-refractivity contribution in [2.24, 2.45) is 5.92 Å². The minimum atomic E-state index is -0.116. The molecule has 3 heterocycles. The van der Waals surface area contributed by atoms with Gasteiger partial charge in [-0.1, -0.05) is 6.92 Å². The zero-order valence-electron chi connectivity index (χ0n) is 11.2. The van der Waals surface area contributed by atoms with Gasteiger partial charge >= 0.3 is 0 Å². The predicted octanol–water partition coefficient (Wildman–Crippen LogP) is 1.51. The first-order valence-electron chi connectivity index (χ1n) is 6.88. The molecule has 0 aliphatic carbocycles. The largest absolute Gasteiger partial charge is 0.373 e. The highest BCUT2D eigenvalue weighted by Crippen LogP contribution is 2.37. The first-order chi connectivity index (χ1) is 9.19. The van der Waals surface area contributed by atoms with Crippen molar-refractivity contribution >= 4 is 5.91 Å². The Labute approximate surface area is 113 Å². The van der Waals surface area contributed by atoms with Crippen LogP contribution < -0.4 is 0 Å². The highest BCUT2D eigenvalue weighted by Gasteiger charge is 2.43. The van der Waals surface area contributed by atoms with Crippen molar-refractivity contribution in [1.29, 1.82) is 0 Å². The van der Waals surface area contributed by atoms with Crippen molar-refractivity contribution in [3.63, 3.8) is 0 Å². The first-order valence-corrected chi connectivity index (χ1v) is 6.88. The van der Waals surface area contributed by atoms with Crippen LogP contribution in [0.4, 0.5) is 0 Å². The van der Waals surface area contributed by atoms with Gasteiger partial charge in [0.15, 0.2) is 0 Å². The molecule has 0 radical (unpaired) electrons. The van der Waals surface area contributed by atoms with Crippen LogP contribution in [-0.2, 0) is 4.74 Å². The second-order valence-corrected chi connectivity index (χ2v) is 5.72. The number of carbonyl (C=O) groups is 1. The Bertz CT molecular complexity index is 461. The number of ether oxygens (including phenoxy) is 1. The van der Waals surface area contributed by atoms with E-state index in [1.165, 1.54) is 6.20 Å². The van der Waals surface area contributed by atoms with E-state index in [1.807, 2.05) is 4.90 Å². The van der Waals surface area contributed by atoms with Crippen LogP contribution >= 0.6 is 0 Å². The highest BCUT2D eigenvalue weighted by atomic mass is 16.5. The Balaban J connectivity index is 1.74. The van der Waals surface area contributed by atoms with Crippen molar-refractivity contribution in [1.82, 2.24) is 14.9 Å². The normalized spacial score (nSPS) is 30.8. The number of nitrogens with zero attached hydrogens (tertiary/aromatic N) is 3. The number of hydrogen-bond donors (Lipinski definition) is 0. The van der Waals surface area contributed by atoms with Crippen LogP contribution in [0.15, 0.2) is 18.6 Å². The van der Waals surface area contributed by atoms with Crippen LogP contribution in [-0.4, -0.2) is 46.1 Å². The quantitative estimate of drug-likeness (QED) is 0.769. The van der Waals surface area contributed by atoms with E-state index in [0.717, 1.165) is 32.4 Å². The lowest BCUT2D eigenvalue weighted by Gasteiger charge is -2.39. The zero-order valence-corrected chi connectivity index (χ0v) is 11.2.